The summed E-state index contributed by atoms with van der Waals surface area (Å²) < 4.78 is 10.5. The number of morpholine rings is 1. The number of carbonyl (C=O) groups excluding carboxylic acids is 1. The maximum absolute atomic E-state index is 12.0. The number of hydrogen-bond acceptors (Lipinski definition) is 9. The maximum atomic E-state index is 12.0. The largest absolute Gasteiger partial charge is 0.453 e. The van der Waals surface area contributed by atoms with E-state index >= 15 is 0 Å². The third-order valence-electron chi connectivity index (χ3n) is 6.46. The van der Waals surface area contributed by atoms with Gasteiger partial charge in [-0.25, -0.2) is 19.7 Å². The number of H-pyrrole nitrogens is 1. The van der Waals surface area contributed by atoms with Gasteiger partial charge in [0.05, 0.1) is 26.0 Å². The minimum atomic E-state index is -0.311. The smallest absolute Gasteiger partial charge is 0.409 e. The van der Waals surface area contributed by atoms with Gasteiger partial charge in [0.2, 0.25) is 5.95 Å². The number of anilines is 2. The van der Waals surface area contributed by atoms with E-state index in [0.717, 1.165) is 41.2 Å². The van der Waals surface area contributed by atoms with Gasteiger partial charge in [0.15, 0.2) is 0 Å². The molecule has 3 aromatic heterocycles. The predicted octanol–water partition coefficient (Wildman–Crippen LogP) is 2.31. The summed E-state index contributed by atoms with van der Waals surface area (Å²) in [4.78, 5) is 32.3. The zero-order valence-corrected chi connectivity index (χ0v) is 19.9. The van der Waals surface area contributed by atoms with Gasteiger partial charge in [0, 0.05) is 50.0 Å². The Bertz CT molecular complexity index is 1150. The van der Waals surface area contributed by atoms with E-state index in [-0.39, 0.29) is 24.3 Å². The lowest BCUT2D eigenvalue weighted by atomic mass is 10.1. The fourth-order valence-corrected chi connectivity index (χ4v) is 4.86. The Morgan fingerprint density at radius 2 is 1.91 bits per heavy atom. The number of hydrogen-bond donors (Lipinski definition) is 1. The minimum Gasteiger partial charge on any atom is -0.453 e. The molecule has 0 aromatic carbocycles. The van der Waals surface area contributed by atoms with E-state index in [1.165, 1.54) is 7.11 Å². The Kier molecular flexibility index (Phi) is 5.94. The number of methoxy groups -OCH3 is 1. The van der Waals surface area contributed by atoms with Crippen molar-refractivity contribution in [3.05, 3.63) is 24.5 Å². The van der Waals surface area contributed by atoms with E-state index in [4.69, 9.17) is 14.5 Å². The number of piperazine rings is 1. The highest BCUT2D eigenvalue weighted by atomic mass is 16.5. The highest BCUT2D eigenvalue weighted by Gasteiger charge is 2.34. The second-order valence-corrected chi connectivity index (χ2v) is 9.02. The summed E-state index contributed by atoms with van der Waals surface area (Å²) in [5.41, 5.74) is 3.13. The second-order valence-electron chi connectivity index (χ2n) is 9.02. The van der Waals surface area contributed by atoms with Crippen molar-refractivity contribution in [3.8, 4) is 11.3 Å². The van der Waals surface area contributed by atoms with Crippen molar-refractivity contribution < 1.29 is 14.3 Å². The monoisotopic (exact) mass is 466 g/mol. The summed E-state index contributed by atoms with van der Waals surface area (Å²) in [6.07, 6.45) is 3.49. The van der Waals surface area contributed by atoms with Crippen LogP contribution in [0.3, 0.4) is 0 Å². The van der Waals surface area contributed by atoms with E-state index < -0.39 is 0 Å². The number of aromatic nitrogens is 5. The lowest BCUT2D eigenvalue weighted by Crippen LogP contribution is -2.58. The molecule has 5 heterocycles. The average molecular weight is 467 g/mol. The molecule has 180 valence electrons. The highest BCUT2D eigenvalue weighted by Crippen LogP contribution is 2.29. The van der Waals surface area contributed by atoms with Crippen LogP contribution in [0.1, 0.15) is 20.8 Å². The SMILES string of the molecule is COC(=O)N1CC(C)N(c2ncc3[nH]nc(-c4ccc(N5CCOC(C)C5)nc4)c3n2)C(C)C1. The molecular weight excluding hydrogens is 436 g/mol. The van der Waals surface area contributed by atoms with Gasteiger partial charge >= 0.3 is 6.09 Å². The summed E-state index contributed by atoms with van der Waals surface area (Å²) in [7, 11) is 1.41. The van der Waals surface area contributed by atoms with Crippen LogP contribution in [0, 0.1) is 0 Å². The van der Waals surface area contributed by atoms with E-state index in [1.807, 2.05) is 18.3 Å². The summed E-state index contributed by atoms with van der Waals surface area (Å²) in [5, 5.41) is 7.54. The lowest BCUT2D eigenvalue weighted by molar-refractivity contribution is 0.0529. The number of nitrogens with one attached hydrogen (secondary N) is 1. The molecule has 5 rings (SSSR count). The van der Waals surface area contributed by atoms with Crippen LogP contribution in [0.4, 0.5) is 16.6 Å². The molecule has 0 radical (unpaired) electrons. The quantitative estimate of drug-likeness (QED) is 0.621. The molecule has 0 aliphatic carbocycles. The van der Waals surface area contributed by atoms with Gasteiger partial charge in [-0.05, 0) is 32.9 Å². The number of pyridine rings is 1. The topological polar surface area (TPSA) is 113 Å². The standard InChI is InChI=1S/C23H30N8O3/c1-14-11-30(23(32)33-4)12-15(2)31(14)22-25-10-18-21(26-22)20(28-27-18)17-5-6-19(24-9-17)29-7-8-34-16(3)13-29/h5-6,9-10,14-16H,7-8,11-13H2,1-4H3,(H,27,28). The number of ether oxygens (including phenoxy) is 2. The first-order chi connectivity index (χ1) is 16.4. The number of carbonyl (C=O) groups is 1. The van der Waals surface area contributed by atoms with Crippen LogP contribution < -0.4 is 9.80 Å². The molecule has 3 aromatic rings. The Hall–Kier alpha value is -3.47. The van der Waals surface area contributed by atoms with Crippen molar-refractivity contribution in [3.63, 3.8) is 0 Å². The van der Waals surface area contributed by atoms with Gasteiger partial charge in [0.1, 0.15) is 22.5 Å². The molecule has 34 heavy (non-hydrogen) atoms. The molecule has 0 spiro atoms. The van der Waals surface area contributed by atoms with Gasteiger partial charge in [-0.3, -0.25) is 5.10 Å². The summed E-state index contributed by atoms with van der Waals surface area (Å²) in [6, 6.07) is 4.12. The zero-order chi connectivity index (χ0) is 23.8. The van der Waals surface area contributed by atoms with Crippen molar-refractivity contribution >= 4 is 28.9 Å². The third-order valence-corrected chi connectivity index (χ3v) is 6.46. The minimum absolute atomic E-state index is 0.0347. The van der Waals surface area contributed by atoms with Gasteiger partial charge in [-0.1, -0.05) is 0 Å². The summed E-state index contributed by atoms with van der Waals surface area (Å²) in [6.45, 7) is 9.65. The van der Waals surface area contributed by atoms with Crippen LogP contribution in [0.25, 0.3) is 22.3 Å². The lowest BCUT2D eigenvalue weighted by Gasteiger charge is -2.43. The first-order valence-electron chi connectivity index (χ1n) is 11.6. The van der Waals surface area contributed by atoms with E-state index in [1.54, 1.807) is 11.1 Å². The first kappa shape index (κ1) is 22.3. The number of aromatic amines is 1. The average Bonchev–Trinajstić information content (AvgIpc) is 3.26. The molecule has 2 saturated heterocycles. The maximum Gasteiger partial charge on any atom is 0.409 e. The highest BCUT2D eigenvalue weighted by molar-refractivity contribution is 5.89. The zero-order valence-electron chi connectivity index (χ0n) is 19.9. The number of fused-ring (bicyclic) bond motifs is 1. The van der Waals surface area contributed by atoms with Crippen molar-refractivity contribution in [2.45, 2.75) is 39.0 Å². The molecule has 1 amide bonds. The molecular formula is C23H30N8O3. The van der Waals surface area contributed by atoms with Crippen molar-refractivity contribution in [1.29, 1.82) is 0 Å². The molecule has 11 heteroatoms. The molecule has 0 saturated carbocycles. The van der Waals surface area contributed by atoms with E-state index in [2.05, 4.69) is 50.7 Å². The van der Waals surface area contributed by atoms with E-state index in [0.29, 0.717) is 25.6 Å². The molecule has 2 aliphatic heterocycles. The fourth-order valence-electron chi connectivity index (χ4n) is 4.86. The number of rotatable bonds is 3. The third kappa shape index (κ3) is 4.11. The normalized spacial score (nSPS) is 23.4. The summed E-state index contributed by atoms with van der Waals surface area (Å²) >= 11 is 0. The summed E-state index contributed by atoms with van der Waals surface area (Å²) in [5.74, 6) is 1.55. The molecule has 11 nitrogen and oxygen atoms in total. The Morgan fingerprint density at radius 1 is 1.12 bits per heavy atom. The first-order valence-corrected chi connectivity index (χ1v) is 11.6. The predicted molar refractivity (Wildman–Crippen MR) is 128 cm³/mol. The molecule has 0 bridgehead atoms. The van der Waals surface area contributed by atoms with Crippen molar-refractivity contribution in [1.82, 2.24) is 30.0 Å². The van der Waals surface area contributed by atoms with E-state index in [9.17, 15) is 4.79 Å². The Balaban J connectivity index is 1.41. The molecule has 3 unspecified atom stereocenters. The Morgan fingerprint density at radius 3 is 2.59 bits per heavy atom. The molecule has 2 fully saturated rings. The van der Waals surface area contributed by atoms with Gasteiger partial charge < -0.3 is 24.2 Å². The van der Waals surface area contributed by atoms with Crippen LogP contribution in [-0.2, 0) is 9.47 Å². The van der Waals surface area contributed by atoms with Crippen LogP contribution in [0.5, 0.6) is 0 Å². The Labute approximate surface area is 198 Å². The van der Waals surface area contributed by atoms with Crippen LogP contribution >= 0.6 is 0 Å². The van der Waals surface area contributed by atoms with Gasteiger partial charge in [-0.15, -0.1) is 0 Å². The van der Waals surface area contributed by atoms with Gasteiger partial charge in [-0.2, -0.15) is 5.10 Å². The van der Waals surface area contributed by atoms with Crippen LogP contribution in [0.2, 0.25) is 0 Å². The van der Waals surface area contributed by atoms with Crippen molar-refractivity contribution in [2.24, 2.45) is 0 Å². The fraction of sp³-hybridized carbons (Fsp3) is 0.522. The van der Waals surface area contributed by atoms with Crippen LogP contribution in [0.15, 0.2) is 24.5 Å². The molecule has 2 aliphatic rings. The number of amides is 1. The molecule has 1 N–H and O–H groups in total. The second kappa shape index (κ2) is 9.05. The molecule has 3 atom stereocenters. The van der Waals surface area contributed by atoms with Crippen molar-refractivity contribution in [2.75, 3.05) is 49.7 Å². The van der Waals surface area contributed by atoms with Gasteiger partial charge in [0.25, 0.3) is 0 Å². The number of nitrogens with zero attached hydrogens (tertiary/aromatic N) is 7. The van der Waals surface area contributed by atoms with Crippen LogP contribution in [-0.4, -0.2) is 94.2 Å².